The van der Waals surface area contributed by atoms with Crippen molar-refractivity contribution in [2.75, 3.05) is 6.54 Å². The average Bonchev–Trinajstić information content (AvgIpc) is 2.24. The second-order valence-electron chi connectivity index (χ2n) is 5.24. The third-order valence-corrected chi connectivity index (χ3v) is 3.90. The molecule has 1 aliphatic carbocycles. The van der Waals surface area contributed by atoms with Crippen LogP contribution in [0, 0.1) is 11.8 Å². The van der Waals surface area contributed by atoms with Gasteiger partial charge in [-0.25, -0.2) is 0 Å². The summed E-state index contributed by atoms with van der Waals surface area (Å²) >= 11 is 0. The Hall–Kier alpha value is -0.820. The molecule has 0 heterocycles. The Balaban J connectivity index is 2.08. The molecular formula is C15H23N. The normalized spacial score (nSPS) is 29.1. The van der Waals surface area contributed by atoms with Gasteiger partial charge < -0.3 is 5.32 Å². The zero-order valence-corrected chi connectivity index (χ0v) is 10.6. The summed E-state index contributed by atoms with van der Waals surface area (Å²) in [6, 6.07) is 11.7. The molecule has 16 heavy (non-hydrogen) atoms. The molecule has 1 aliphatic rings. The maximum atomic E-state index is 3.61. The van der Waals surface area contributed by atoms with Gasteiger partial charge >= 0.3 is 0 Å². The summed E-state index contributed by atoms with van der Waals surface area (Å²) in [5, 5.41) is 3.61. The summed E-state index contributed by atoms with van der Waals surface area (Å²) in [5.41, 5.74) is 1.52. The molecule has 0 bridgehead atoms. The standard InChI is InChI=1S/C15H23N/c1-4-16-14-10-13(15(14)11(2)3)12-8-6-5-7-9-12/h5-9,11,13-16H,4,10H2,1-3H3. The topological polar surface area (TPSA) is 12.0 Å². The molecule has 1 fully saturated rings. The highest BCUT2D eigenvalue weighted by atomic mass is 14.9. The molecule has 0 aliphatic heterocycles. The zero-order valence-electron chi connectivity index (χ0n) is 10.6. The van der Waals surface area contributed by atoms with Crippen molar-refractivity contribution < 1.29 is 0 Å². The van der Waals surface area contributed by atoms with E-state index in [0.29, 0.717) is 0 Å². The Morgan fingerprint density at radius 2 is 1.94 bits per heavy atom. The van der Waals surface area contributed by atoms with Crippen molar-refractivity contribution in [3.63, 3.8) is 0 Å². The van der Waals surface area contributed by atoms with E-state index in [-0.39, 0.29) is 0 Å². The smallest absolute Gasteiger partial charge is 0.0109 e. The minimum atomic E-state index is 0.732. The fourth-order valence-electron chi connectivity index (χ4n) is 3.14. The number of rotatable bonds is 4. The van der Waals surface area contributed by atoms with E-state index < -0.39 is 0 Å². The molecule has 0 amide bonds. The molecule has 3 unspecified atom stereocenters. The first kappa shape index (κ1) is 11.7. The van der Waals surface area contributed by atoms with Crippen molar-refractivity contribution >= 4 is 0 Å². The molecule has 1 N–H and O–H groups in total. The van der Waals surface area contributed by atoms with Crippen molar-refractivity contribution in [2.24, 2.45) is 11.8 Å². The van der Waals surface area contributed by atoms with Crippen molar-refractivity contribution in [2.45, 2.75) is 39.2 Å². The van der Waals surface area contributed by atoms with E-state index in [1.54, 1.807) is 0 Å². The summed E-state index contributed by atoms with van der Waals surface area (Å²) in [5.74, 6) is 2.34. The van der Waals surface area contributed by atoms with Gasteiger partial charge in [0.2, 0.25) is 0 Å². The first-order valence-electron chi connectivity index (χ1n) is 6.52. The first-order chi connectivity index (χ1) is 7.74. The fourth-order valence-corrected chi connectivity index (χ4v) is 3.14. The lowest BCUT2D eigenvalue weighted by molar-refractivity contribution is 0.118. The van der Waals surface area contributed by atoms with E-state index in [4.69, 9.17) is 0 Å². The van der Waals surface area contributed by atoms with Crippen LogP contribution in [0.15, 0.2) is 30.3 Å². The molecule has 0 saturated heterocycles. The molecule has 1 nitrogen and oxygen atoms in total. The van der Waals surface area contributed by atoms with Crippen molar-refractivity contribution in [3.05, 3.63) is 35.9 Å². The average molecular weight is 217 g/mol. The van der Waals surface area contributed by atoms with Crippen LogP contribution < -0.4 is 5.32 Å². The van der Waals surface area contributed by atoms with E-state index in [9.17, 15) is 0 Å². The summed E-state index contributed by atoms with van der Waals surface area (Å²) in [6.45, 7) is 8.00. The summed E-state index contributed by atoms with van der Waals surface area (Å²) in [6.07, 6.45) is 1.31. The second-order valence-corrected chi connectivity index (χ2v) is 5.24. The van der Waals surface area contributed by atoms with E-state index in [2.05, 4.69) is 56.4 Å². The Kier molecular flexibility index (Phi) is 3.65. The number of hydrogen-bond acceptors (Lipinski definition) is 1. The Bertz CT molecular complexity index is 317. The summed E-state index contributed by atoms with van der Waals surface area (Å²) in [7, 11) is 0. The van der Waals surface area contributed by atoms with E-state index in [1.165, 1.54) is 12.0 Å². The van der Waals surface area contributed by atoms with Crippen molar-refractivity contribution in [1.82, 2.24) is 5.32 Å². The Morgan fingerprint density at radius 1 is 1.25 bits per heavy atom. The third kappa shape index (κ3) is 2.15. The van der Waals surface area contributed by atoms with Gasteiger partial charge in [-0.3, -0.25) is 0 Å². The van der Waals surface area contributed by atoms with Gasteiger partial charge in [0, 0.05) is 6.04 Å². The van der Waals surface area contributed by atoms with Gasteiger partial charge in [0.05, 0.1) is 0 Å². The molecule has 1 heteroatoms. The predicted octanol–water partition coefficient (Wildman–Crippen LogP) is 3.42. The predicted molar refractivity (Wildman–Crippen MR) is 69.6 cm³/mol. The van der Waals surface area contributed by atoms with Crippen LogP contribution in [-0.4, -0.2) is 12.6 Å². The van der Waals surface area contributed by atoms with Crippen LogP contribution in [0.4, 0.5) is 0 Å². The Morgan fingerprint density at radius 3 is 2.50 bits per heavy atom. The lowest BCUT2D eigenvalue weighted by Gasteiger charge is -2.48. The largest absolute Gasteiger partial charge is 0.314 e. The van der Waals surface area contributed by atoms with Gasteiger partial charge in [0.25, 0.3) is 0 Å². The SMILES string of the molecule is CCNC1CC(c2ccccc2)C1C(C)C. The van der Waals surface area contributed by atoms with E-state index in [1.807, 2.05) is 0 Å². The van der Waals surface area contributed by atoms with Crippen LogP contribution in [0.1, 0.15) is 38.7 Å². The highest BCUT2D eigenvalue weighted by Crippen LogP contribution is 2.46. The number of nitrogens with one attached hydrogen (secondary N) is 1. The lowest BCUT2D eigenvalue weighted by atomic mass is 9.61. The molecule has 0 aromatic heterocycles. The minimum absolute atomic E-state index is 0.732. The number of hydrogen-bond donors (Lipinski definition) is 1. The van der Waals surface area contributed by atoms with Crippen LogP contribution >= 0.6 is 0 Å². The molecule has 1 saturated carbocycles. The number of benzene rings is 1. The van der Waals surface area contributed by atoms with Crippen molar-refractivity contribution in [3.8, 4) is 0 Å². The fraction of sp³-hybridized carbons (Fsp3) is 0.600. The quantitative estimate of drug-likeness (QED) is 0.815. The lowest BCUT2D eigenvalue weighted by Crippen LogP contribution is -2.51. The minimum Gasteiger partial charge on any atom is -0.314 e. The molecule has 2 rings (SSSR count). The van der Waals surface area contributed by atoms with Crippen LogP contribution in [-0.2, 0) is 0 Å². The van der Waals surface area contributed by atoms with Crippen LogP contribution in [0.3, 0.4) is 0 Å². The van der Waals surface area contributed by atoms with Gasteiger partial charge in [-0.05, 0) is 36.3 Å². The van der Waals surface area contributed by atoms with Gasteiger partial charge in [0.1, 0.15) is 0 Å². The maximum absolute atomic E-state index is 3.61. The molecule has 1 aromatic rings. The molecule has 3 atom stereocenters. The van der Waals surface area contributed by atoms with Crippen LogP contribution in [0.5, 0.6) is 0 Å². The maximum Gasteiger partial charge on any atom is 0.0109 e. The highest BCUT2D eigenvalue weighted by Gasteiger charge is 2.42. The molecular weight excluding hydrogens is 194 g/mol. The van der Waals surface area contributed by atoms with Crippen LogP contribution in [0.2, 0.25) is 0 Å². The monoisotopic (exact) mass is 217 g/mol. The molecule has 0 radical (unpaired) electrons. The van der Waals surface area contributed by atoms with E-state index >= 15 is 0 Å². The summed E-state index contributed by atoms with van der Waals surface area (Å²) in [4.78, 5) is 0. The van der Waals surface area contributed by atoms with Crippen molar-refractivity contribution in [1.29, 1.82) is 0 Å². The molecule has 88 valence electrons. The summed E-state index contributed by atoms with van der Waals surface area (Å²) < 4.78 is 0. The third-order valence-electron chi connectivity index (χ3n) is 3.90. The van der Waals surface area contributed by atoms with Gasteiger partial charge in [0.15, 0.2) is 0 Å². The van der Waals surface area contributed by atoms with Gasteiger partial charge in [-0.2, -0.15) is 0 Å². The first-order valence-corrected chi connectivity index (χ1v) is 6.52. The second kappa shape index (κ2) is 5.01. The zero-order chi connectivity index (χ0) is 11.5. The van der Waals surface area contributed by atoms with Gasteiger partial charge in [-0.1, -0.05) is 51.1 Å². The van der Waals surface area contributed by atoms with Gasteiger partial charge in [-0.15, -0.1) is 0 Å². The Labute approximate surface area is 99.3 Å². The van der Waals surface area contributed by atoms with Crippen LogP contribution in [0.25, 0.3) is 0 Å². The molecule has 0 spiro atoms. The highest BCUT2D eigenvalue weighted by molar-refractivity contribution is 5.25. The molecule has 1 aromatic carbocycles. The van der Waals surface area contributed by atoms with E-state index in [0.717, 1.165) is 30.3 Å².